The Kier molecular flexibility index (Phi) is 5.56. The van der Waals surface area contributed by atoms with E-state index in [1.807, 2.05) is 0 Å². The number of rotatable bonds is 5. The van der Waals surface area contributed by atoms with Gasteiger partial charge < -0.3 is 9.14 Å². The number of Topliss-reactive ketones (excluding diaryl/α,β-unsaturated/α-hetero) is 1. The van der Waals surface area contributed by atoms with Gasteiger partial charge in [-0.2, -0.15) is 0 Å². The van der Waals surface area contributed by atoms with Gasteiger partial charge in [0.05, 0.1) is 28.1 Å². The van der Waals surface area contributed by atoms with Gasteiger partial charge in [-0.3, -0.25) is 4.79 Å². The van der Waals surface area contributed by atoms with Crippen molar-refractivity contribution < 1.29 is 22.7 Å². The Morgan fingerprint density at radius 2 is 1.79 bits per heavy atom. The summed E-state index contributed by atoms with van der Waals surface area (Å²) in [6.07, 6.45) is 2.86. The molecule has 28 heavy (non-hydrogen) atoms. The van der Waals surface area contributed by atoms with Crippen LogP contribution in [0.1, 0.15) is 15.9 Å². The molecular weight excluding hydrogens is 422 g/mol. The molecule has 2 aromatic heterocycles. The number of hydrogen-bond donors (Lipinski definition) is 0. The SMILES string of the molecule is COC(=O)C(=O)c1c(C)c(Sc2ccc(S(C)(=O)=O)cc2)n2ccc(Cl)cc12. The fraction of sp³-hybridized carbons (Fsp3) is 0.158. The summed E-state index contributed by atoms with van der Waals surface area (Å²) in [6.45, 7) is 1.74. The molecule has 3 aromatic rings. The third-order valence-electron chi connectivity index (χ3n) is 4.15. The van der Waals surface area contributed by atoms with E-state index in [4.69, 9.17) is 11.6 Å². The molecule has 146 valence electrons. The highest BCUT2D eigenvalue weighted by Gasteiger charge is 2.26. The fourth-order valence-corrected chi connectivity index (χ4v) is 4.60. The number of esters is 1. The molecule has 6 nitrogen and oxygen atoms in total. The summed E-state index contributed by atoms with van der Waals surface area (Å²) in [7, 11) is -2.13. The number of carbonyl (C=O) groups is 2. The molecule has 0 bridgehead atoms. The van der Waals surface area contributed by atoms with Crippen molar-refractivity contribution in [2.75, 3.05) is 13.4 Å². The van der Waals surface area contributed by atoms with Crippen molar-refractivity contribution in [3.05, 3.63) is 58.7 Å². The Morgan fingerprint density at radius 1 is 1.14 bits per heavy atom. The Labute approximate surface area is 171 Å². The van der Waals surface area contributed by atoms with Gasteiger partial charge in [0.25, 0.3) is 5.78 Å². The topological polar surface area (TPSA) is 81.9 Å². The van der Waals surface area contributed by atoms with Crippen LogP contribution in [0.3, 0.4) is 0 Å². The van der Waals surface area contributed by atoms with Gasteiger partial charge in [-0.05, 0) is 48.9 Å². The minimum Gasteiger partial charge on any atom is -0.463 e. The molecule has 0 atom stereocenters. The number of hydrogen-bond acceptors (Lipinski definition) is 6. The van der Waals surface area contributed by atoms with Crippen molar-refractivity contribution >= 4 is 50.5 Å². The number of pyridine rings is 1. The summed E-state index contributed by atoms with van der Waals surface area (Å²) in [5.41, 5.74) is 1.33. The fourth-order valence-electron chi connectivity index (χ4n) is 2.80. The van der Waals surface area contributed by atoms with Crippen LogP contribution in [0, 0.1) is 6.92 Å². The van der Waals surface area contributed by atoms with Crippen LogP contribution >= 0.6 is 23.4 Å². The monoisotopic (exact) mass is 437 g/mol. The molecule has 0 aliphatic rings. The summed E-state index contributed by atoms with van der Waals surface area (Å²) in [5, 5.41) is 1.14. The second-order valence-corrected chi connectivity index (χ2v) is 9.59. The zero-order chi connectivity index (χ0) is 20.6. The maximum atomic E-state index is 12.5. The number of sulfone groups is 1. The molecule has 0 unspecified atom stereocenters. The predicted octanol–water partition coefficient (Wildman–Crippen LogP) is 3.81. The molecule has 9 heteroatoms. The molecule has 0 radical (unpaired) electrons. The number of fused-ring (bicyclic) bond motifs is 1. The first-order valence-electron chi connectivity index (χ1n) is 8.04. The number of carbonyl (C=O) groups excluding carboxylic acids is 2. The molecule has 0 fully saturated rings. The van der Waals surface area contributed by atoms with Crippen molar-refractivity contribution in [3.8, 4) is 0 Å². The van der Waals surface area contributed by atoms with Crippen LogP contribution in [-0.4, -0.2) is 37.9 Å². The van der Waals surface area contributed by atoms with E-state index in [2.05, 4.69) is 4.74 Å². The van der Waals surface area contributed by atoms with Crippen LogP contribution in [0.4, 0.5) is 0 Å². The van der Waals surface area contributed by atoms with Gasteiger partial charge >= 0.3 is 5.97 Å². The lowest BCUT2D eigenvalue weighted by molar-refractivity contribution is -0.135. The van der Waals surface area contributed by atoms with Gasteiger partial charge in [0.1, 0.15) is 0 Å². The molecule has 0 spiro atoms. The summed E-state index contributed by atoms with van der Waals surface area (Å²) in [6, 6.07) is 9.73. The van der Waals surface area contributed by atoms with Crippen molar-refractivity contribution in [2.45, 2.75) is 21.7 Å². The highest BCUT2D eigenvalue weighted by Crippen LogP contribution is 2.36. The van der Waals surface area contributed by atoms with Crippen LogP contribution in [0.15, 0.2) is 57.4 Å². The van der Waals surface area contributed by atoms with E-state index in [9.17, 15) is 18.0 Å². The van der Waals surface area contributed by atoms with Crippen LogP contribution in [0.5, 0.6) is 0 Å². The summed E-state index contributed by atoms with van der Waals surface area (Å²) >= 11 is 7.43. The van der Waals surface area contributed by atoms with Crippen molar-refractivity contribution in [2.24, 2.45) is 0 Å². The highest BCUT2D eigenvalue weighted by atomic mass is 35.5. The summed E-state index contributed by atoms with van der Waals surface area (Å²) in [4.78, 5) is 25.4. The second kappa shape index (κ2) is 7.62. The zero-order valence-corrected chi connectivity index (χ0v) is 17.6. The Hall–Kier alpha value is -2.29. The van der Waals surface area contributed by atoms with Gasteiger partial charge in [0, 0.05) is 22.4 Å². The van der Waals surface area contributed by atoms with Gasteiger partial charge in [-0.25, -0.2) is 13.2 Å². The normalized spacial score (nSPS) is 11.6. The van der Waals surface area contributed by atoms with E-state index in [1.54, 1.807) is 41.8 Å². The minimum atomic E-state index is -3.28. The first-order valence-corrected chi connectivity index (χ1v) is 11.1. The van der Waals surface area contributed by atoms with E-state index < -0.39 is 21.6 Å². The van der Waals surface area contributed by atoms with E-state index in [1.165, 1.54) is 23.9 Å². The molecule has 0 aliphatic heterocycles. The molecule has 2 heterocycles. The lowest BCUT2D eigenvalue weighted by Gasteiger charge is -2.05. The van der Waals surface area contributed by atoms with Crippen molar-refractivity contribution in [1.82, 2.24) is 4.40 Å². The van der Waals surface area contributed by atoms with Crippen LogP contribution in [0.25, 0.3) is 5.52 Å². The third-order valence-corrected chi connectivity index (χ3v) is 6.72. The van der Waals surface area contributed by atoms with E-state index in [-0.39, 0.29) is 10.5 Å². The number of aromatic nitrogens is 1. The van der Waals surface area contributed by atoms with E-state index in [0.29, 0.717) is 21.1 Å². The Morgan fingerprint density at radius 3 is 2.36 bits per heavy atom. The van der Waals surface area contributed by atoms with Crippen LogP contribution < -0.4 is 0 Å². The molecule has 0 amide bonds. The van der Waals surface area contributed by atoms with Crippen molar-refractivity contribution in [3.63, 3.8) is 0 Å². The third kappa shape index (κ3) is 3.80. The Bertz CT molecular complexity index is 1200. The quantitative estimate of drug-likeness (QED) is 0.343. The smallest absolute Gasteiger partial charge is 0.379 e. The lowest BCUT2D eigenvalue weighted by atomic mass is 10.1. The number of ketones is 1. The van der Waals surface area contributed by atoms with Gasteiger partial charge in [-0.1, -0.05) is 23.4 Å². The maximum Gasteiger partial charge on any atom is 0.379 e. The highest BCUT2D eigenvalue weighted by molar-refractivity contribution is 7.99. The largest absolute Gasteiger partial charge is 0.463 e. The Balaban J connectivity index is 2.12. The number of nitrogens with zero attached hydrogens (tertiary/aromatic N) is 1. The van der Waals surface area contributed by atoms with Gasteiger partial charge in [0.15, 0.2) is 9.84 Å². The molecule has 1 aromatic carbocycles. The summed E-state index contributed by atoms with van der Waals surface area (Å²) < 4.78 is 29.6. The van der Waals surface area contributed by atoms with Crippen LogP contribution in [0.2, 0.25) is 5.02 Å². The first kappa shape index (κ1) is 20.4. The molecule has 0 saturated carbocycles. The number of halogens is 1. The molecular formula is C19H16ClNO5S2. The van der Waals surface area contributed by atoms with E-state index >= 15 is 0 Å². The molecule has 0 aliphatic carbocycles. The van der Waals surface area contributed by atoms with Gasteiger partial charge in [0.2, 0.25) is 0 Å². The number of benzene rings is 1. The molecule has 0 saturated heterocycles. The average molecular weight is 438 g/mol. The van der Waals surface area contributed by atoms with Crippen molar-refractivity contribution in [1.29, 1.82) is 0 Å². The number of methoxy groups -OCH3 is 1. The zero-order valence-electron chi connectivity index (χ0n) is 15.2. The summed E-state index contributed by atoms with van der Waals surface area (Å²) in [5.74, 6) is -1.70. The lowest BCUT2D eigenvalue weighted by Crippen LogP contribution is -2.16. The molecule has 3 rings (SSSR count). The van der Waals surface area contributed by atoms with Crippen LogP contribution in [-0.2, 0) is 19.4 Å². The average Bonchev–Trinajstić information content (AvgIpc) is 2.91. The standard InChI is InChI=1S/C19H16ClNO5S2/c1-11-16(17(22)19(23)26-2)15-10-12(20)8-9-21(15)18(11)27-13-4-6-14(7-5-13)28(3,24)25/h4-10H,1-3H3. The number of ether oxygens (including phenoxy) is 1. The predicted molar refractivity (Wildman–Crippen MR) is 107 cm³/mol. The minimum absolute atomic E-state index is 0.224. The van der Waals surface area contributed by atoms with E-state index in [0.717, 1.165) is 18.3 Å². The van der Waals surface area contributed by atoms with Gasteiger partial charge in [-0.15, -0.1) is 0 Å². The second-order valence-electron chi connectivity index (χ2n) is 6.07. The molecule has 0 N–H and O–H groups in total. The first-order chi connectivity index (χ1) is 13.1. The maximum absolute atomic E-state index is 12.5.